The van der Waals surface area contributed by atoms with Crippen LogP contribution in [0.15, 0.2) is 30.6 Å². The molecule has 1 aromatic carbocycles. The predicted octanol–water partition coefficient (Wildman–Crippen LogP) is 4.13. The summed E-state index contributed by atoms with van der Waals surface area (Å²) in [6, 6.07) is -0.313. The van der Waals surface area contributed by atoms with E-state index in [-0.39, 0.29) is 11.0 Å². The zero-order chi connectivity index (χ0) is 20.4. The van der Waals surface area contributed by atoms with Crippen molar-refractivity contribution in [3.63, 3.8) is 0 Å². The van der Waals surface area contributed by atoms with Crippen molar-refractivity contribution >= 4 is 29.4 Å². The van der Waals surface area contributed by atoms with Crippen LogP contribution in [0, 0.1) is 0 Å². The van der Waals surface area contributed by atoms with Crippen LogP contribution in [-0.2, 0) is 12.4 Å². The van der Waals surface area contributed by atoms with E-state index in [1.807, 2.05) is 5.32 Å². The summed E-state index contributed by atoms with van der Waals surface area (Å²) in [5.74, 6) is -2.14. The number of nitrogens with one attached hydrogen (secondary N) is 2. The zero-order valence-corrected chi connectivity index (χ0v) is 13.5. The van der Waals surface area contributed by atoms with Gasteiger partial charge in [-0.15, -0.1) is 0 Å². The molecule has 2 N–H and O–H groups in total. The Hall–Kier alpha value is -2.89. The molecule has 6 nitrogen and oxygen atoms in total. The second-order valence-corrected chi connectivity index (χ2v) is 5.24. The first kappa shape index (κ1) is 20.4. The zero-order valence-electron chi connectivity index (χ0n) is 12.7. The molecule has 0 fully saturated rings. The van der Waals surface area contributed by atoms with E-state index < -0.39 is 41.0 Å². The van der Waals surface area contributed by atoms with Gasteiger partial charge in [0.25, 0.3) is 5.91 Å². The van der Waals surface area contributed by atoms with Crippen molar-refractivity contribution < 1.29 is 35.9 Å². The normalized spacial score (nSPS) is 11.8. The van der Waals surface area contributed by atoms with Crippen LogP contribution in [0.4, 0.5) is 37.0 Å². The lowest BCUT2D eigenvalue weighted by molar-refractivity contribution is -0.143. The van der Waals surface area contributed by atoms with Crippen molar-refractivity contribution in [2.45, 2.75) is 12.4 Å². The van der Waals surface area contributed by atoms with Crippen molar-refractivity contribution in [1.82, 2.24) is 15.3 Å². The molecule has 0 aliphatic heterocycles. The third kappa shape index (κ3) is 5.06. The van der Waals surface area contributed by atoms with Crippen LogP contribution in [0.2, 0.25) is 5.15 Å². The van der Waals surface area contributed by atoms with E-state index >= 15 is 0 Å². The van der Waals surface area contributed by atoms with Crippen LogP contribution in [0.1, 0.15) is 21.5 Å². The Morgan fingerprint density at radius 2 is 1.48 bits per heavy atom. The highest BCUT2D eigenvalue weighted by atomic mass is 35.5. The van der Waals surface area contributed by atoms with Gasteiger partial charge in [-0.3, -0.25) is 15.4 Å². The lowest BCUT2D eigenvalue weighted by atomic mass is 9.99. The molecule has 0 unspecified atom stereocenters. The monoisotopic (exact) mass is 412 g/mol. The Kier molecular flexibility index (Phi) is 5.59. The largest absolute Gasteiger partial charge is 0.417 e. The number of hydrogen-bond acceptors (Lipinski definition) is 4. The highest BCUT2D eigenvalue weighted by Crippen LogP contribution is 2.39. The van der Waals surface area contributed by atoms with E-state index in [0.717, 1.165) is 12.4 Å². The molecule has 27 heavy (non-hydrogen) atoms. The number of benzene rings is 1. The van der Waals surface area contributed by atoms with Crippen LogP contribution in [0.5, 0.6) is 0 Å². The Bertz CT molecular complexity index is 835. The maximum absolute atomic E-state index is 13.0. The number of halogens is 7. The molecule has 3 amide bonds. The Morgan fingerprint density at radius 3 is 1.93 bits per heavy atom. The van der Waals surface area contributed by atoms with Crippen molar-refractivity contribution in [1.29, 1.82) is 0 Å². The molecule has 2 rings (SSSR count). The SMILES string of the molecule is O=C(NC(=O)c1c(C(F)(F)F)cccc1C(F)(F)F)Nc1cnc(Cl)cn1. The first-order valence-electron chi connectivity index (χ1n) is 6.77. The summed E-state index contributed by atoms with van der Waals surface area (Å²) in [6.45, 7) is 0. The molecule has 0 saturated heterocycles. The number of amides is 3. The number of rotatable bonds is 2. The fourth-order valence-corrected chi connectivity index (χ4v) is 2.06. The number of imide groups is 1. The molecule has 13 heteroatoms. The summed E-state index contributed by atoms with van der Waals surface area (Å²) in [5, 5.41) is 3.28. The van der Waals surface area contributed by atoms with Gasteiger partial charge in [0.2, 0.25) is 0 Å². The van der Waals surface area contributed by atoms with Gasteiger partial charge < -0.3 is 0 Å². The molecular formula is C14H7ClF6N4O2. The first-order chi connectivity index (χ1) is 12.4. The summed E-state index contributed by atoms with van der Waals surface area (Å²) in [6.07, 6.45) is -8.55. The van der Waals surface area contributed by atoms with E-state index in [4.69, 9.17) is 11.6 Å². The number of alkyl halides is 6. The number of carbonyl (C=O) groups is 2. The van der Waals surface area contributed by atoms with Gasteiger partial charge in [0, 0.05) is 0 Å². The minimum absolute atomic E-state index is 0.0361. The molecule has 2 aromatic rings. The van der Waals surface area contributed by atoms with E-state index in [0.29, 0.717) is 18.2 Å². The van der Waals surface area contributed by atoms with E-state index in [1.54, 1.807) is 0 Å². The lowest BCUT2D eigenvalue weighted by Crippen LogP contribution is -2.37. The third-order valence-corrected chi connectivity index (χ3v) is 3.19. The second-order valence-electron chi connectivity index (χ2n) is 4.86. The van der Waals surface area contributed by atoms with Crippen LogP contribution in [0.25, 0.3) is 0 Å². The number of nitrogens with zero attached hydrogens (tertiary/aromatic N) is 2. The van der Waals surface area contributed by atoms with Crippen molar-refractivity contribution in [2.75, 3.05) is 5.32 Å². The Labute approximate surface area is 151 Å². The van der Waals surface area contributed by atoms with Gasteiger partial charge in [0.1, 0.15) is 5.15 Å². The fourth-order valence-electron chi connectivity index (χ4n) is 1.96. The van der Waals surface area contributed by atoms with Crippen LogP contribution in [0.3, 0.4) is 0 Å². The van der Waals surface area contributed by atoms with Crippen molar-refractivity contribution in [3.8, 4) is 0 Å². The molecule has 1 aromatic heterocycles. The fraction of sp³-hybridized carbons (Fsp3) is 0.143. The van der Waals surface area contributed by atoms with E-state index in [9.17, 15) is 35.9 Å². The molecule has 0 atom stereocenters. The number of urea groups is 1. The summed E-state index contributed by atoms with van der Waals surface area (Å²) in [4.78, 5) is 30.8. The molecular weight excluding hydrogens is 406 g/mol. The van der Waals surface area contributed by atoms with Gasteiger partial charge in [-0.05, 0) is 12.1 Å². The van der Waals surface area contributed by atoms with Gasteiger partial charge in [-0.1, -0.05) is 17.7 Å². The Morgan fingerprint density at radius 1 is 0.926 bits per heavy atom. The second kappa shape index (κ2) is 7.39. The molecule has 0 bridgehead atoms. The summed E-state index contributed by atoms with van der Waals surface area (Å²) >= 11 is 5.46. The molecule has 0 radical (unpaired) electrons. The van der Waals surface area contributed by atoms with Gasteiger partial charge in [0.05, 0.1) is 29.1 Å². The molecule has 0 aliphatic rings. The number of anilines is 1. The average molecular weight is 413 g/mol. The van der Waals surface area contributed by atoms with Gasteiger partial charge in [0.15, 0.2) is 5.82 Å². The van der Waals surface area contributed by atoms with E-state index in [2.05, 4.69) is 9.97 Å². The van der Waals surface area contributed by atoms with Crippen molar-refractivity contribution in [3.05, 3.63) is 52.4 Å². The molecule has 1 heterocycles. The van der Waals surface area contributed by atoms with E-state index in [1.165, 1.54) is 5.32 Å². The minimum Gasteiger partial charge on any atom is -0.291 e. The maximum atomic E-state index is 13.0. The standard InChI is InChI=1S/C14H7ClF6N4O2/c15-8-4-23-9(5-22-8)24-12(27)25-11(26)10-6(13(16,17)18)2-1-3-7(10)14(19,20)21/h1-5H,(H2,23,24,25,26,27). The topological polar surface area (TPSA) is 84.0 Å². The Balaban J connectivity index is 2.34. The third-order valence-electron chi connectivity index (χ3n) is 2.99. The highest BCUT2D eigenvalue weighted by Gasteiger charge is 2.43. The lowest BCUT2D eigenvalue weighted by Gasteiger charge is -2.17. The maximum Gasteiger partial charge on any atom is 0.417 e. The smallest absolute Gasteiger partial charge is 0.291 e. The number of hydrogen-bond donors (Lipinski definition) is 2. The summed E-state index contributed by atoms with van der Waals surface area (Å²) < 4.78 is 78.1. The first-order valence-corrected chi connectivity index (χ1v) is 7.14. The molecule has 0 spiro atoms. The molecule has 0 aliphatic carbocycles. The summed E-state index contributed by atoms with van der Waals surface area (Å²) in [7, 11) is 0. The van der Waals surface area contributed by atoms with Crippen LogP contribution >= 0.6 is 11.6 Å². The van der Waals surface area contributed by atoms with Crippen molar-refractivity contribution in [2.24, 2.45) is 0 Å². The average Bonchev–Trinajstić information content (AvgIpc) is 2.54. The predicted molar refractivity (Wildman–Crippen MR) is 80.0 cm³/mol. The number of aromatic nitrogens is 2. The summed E-state index contributed by atoms with van der Waals surface area (Å²) in [5.41, 5.74) is -5.40. The van der Waals surface area contributed by atoms with Crippen LogP contribution < -0.4 is 10.6 Å². The van der Waals surface area contributed by atoms with Gasteiger partial charge >= 0.3 is 18.4 Å². The quantitative estimate of drug-likeness (QED) is 0.726. The van der Waals surface area contributed by atoms with Gasteiger partial charge in [-0.25, -0.2) is 14.8 Å². The van der Waals surface area contributed by atoms with Crippen LogP contribution in [-0.4, -0.2) is 21.9 Å². The minimum atomic E-state index is -5.26. The molecule has 0 saturated carbocycles. The highest BCUT2D eigenvalue weighted by molar-refractivity contribution is 6.29. The molecule has 144 valence electrons. The number of carbonyl (C=O) groups excluding carboxylic acids is 2. The van der Waals surface area contributed by atoms with Gasteiger partial charge in [-0.2, -0.15) is 26.3 Å².